The molecule has 18 heavy (non-hydrogen) atoms. The van der Waals surface area contributed by atoms with Crippen molar-refractivity contribution in [2.75, 3.05) is 31.1 Å². The minimum Gasteiger partial charge on any atom is -0.355 e. The van der Waals surface area contributed by atoms with Crippen molar-refractivity contribution in [2.24, 2.45) is 0 Å². The molecule has 0 aliphatic carbocycles. The summed E-state index contributed by atoms with van der Waals surface area (Å²) in [6.45, 7) is 4.57. The lowest BCUT2D eigenvalue weighted by Gasteiger charge is -2.26. The molecule has 4 heteroatoms. The third kappa shape index (κ3) is 2.19. The maximum absolute atomic E-state index is 8.96. The van der Waals surface area contributed by atoms with Gasteiger partial charge in [0.15, 0.2) is 0 Å². The van der Waals surface area contributed by atoms with Crippen LogP contribution in [0.2, 0.25) is 0 Å². The van der Waals surface area contributed by atoms with Gasteiger partial charge >= 0.3 is 0 Å². The van der Waals surface area contributed by atoms with Crippen LogP contribution in [-0.2, 0) is 0 Å². The lowest BCUT2D eigenvalue weighted by molar-refractivity contribution is 0.273. The van der Waals surface area contributed by atoms with Crippen LogP contribution in [0.1, 0.15) is 24.8 Å². The first-order valence-electron chi connectivity index (χ1n) is 6.72. The highest BCUT2D eigenvalue weighted by Gasteiger charge is 2.29. The van der Waals surface area contributed by atoms with Crippen molar-refractivity contribution >= 4 is 5.82 Å². The summed E-state index contributed by atoms with van der Waals surface area (Å²) in [6, 6.07) is 6.55. The lowest BCUT2D eigenvalue weighted by atomic mass is 10.2. The summed E-state index contributed by atoms with van der Waals surface area (Å²) in [5.41, 5.74) is 0.701. The van der Waals surface area contributed by atoms with Gasteiger partial charge in [0, 0.05) is 31.9 Å². The van der Waals surface area contributed by atoms with Crippen molar-refractivity contribution in [3.63, 3.8) is 0 Å². The zero-order valence-corrected chi connectivity index (χ0v) is 10.5. The van der Waals surface area contributed by atoms with Gasteiger partial charge in [-0.3, -0.25) is 4.90 Å². The van der Waals surface area contributed by atoms with Gasteiger partial charge in [-0.25, -0.2) is 4.98 Å². The van der Waals surface area contributed by atoms with Crippen molar-refractivity contribution in [3.05, 3.63) is 23.9 Å². The Morgan fingerprint density at radius 2 is 2.17 bits per heavy atom. The van der Waals surface area contributed by atoms with Gasteiger partial charge < -0.3 is 4.90 Å². The molecule has 94 valence electrons. The fraction of sp³-hybridized carbons (Fsp3) is 0.571. The Bertz CT molecular complexity index is 465. The van der Waals surface area contributed by atoms with Gasteiger partial charge in [-0.1, -0.05) is 0 Å². The average molecular weight is 242 g/mol. The molecule has 2 saturated heterocycles. The zero-order valence-electron chi connectivity index (χ0n) is 10.5. The minimum absolute atomic E-state index is 0.681. The monoisotopic (exact) mass is 242 g/mol. The van der Waals surface area contributed by atoms with E-state index < -0.39 is 0 Å². The van der Waals surface area contributed by atoms with Gasteiger partial charge in [0.1, 0.15) is 5.82 Å². The van der Waals surface area contributed by atoms with E-state index >= 15 is 0 Å². The number of pyridine rings is 1. The summed E-state index contributed by atoms with van der Waals surface area (Å²) in [6.07, 6.45) is 5.55. The lowest BCUT2D eigenvalue weighted by Crippen LogP contribution is -2.36. The van der Waals surface area contributed by atoms with E-state index in [-0.39, 0.29) is 0 Å². The largest absolute Gasteiger partial charge is 0.355 e. The van der Waals surface area contributed by atoms with E-state index in [2.05, 4.69) is 20.9 Å². The van der Waals surface area contributed by atoms with E-state index in [1.165, 1.54) is 32.4 Å². The third-order valence-electron chi connectivity index (χ3n) is 4.00. The van der Waals surface area contributed by atoms with E-state index in [1.807, 2.05) is 6.07 Å². The summed E-state index contributed by atoms with van der Waals surface area (Å²) in [4.78, 5) is 9.37. The Hall–Kier alpha value is -1.60. The molecular weight excluding hydrogens is 224 g/mol. The van der Waals surface area contributed by atoms with Crippen LogP contribution in [0, 0.1) is 11.3 Å². The molecule has 0 radical (unpaired) electrons. The Morgan fingerprint density at radius 3 is 3.06 bits per heavy atom. The molecular formula is C14H18N4. The van der Waals surface area contributed by atoms with E-state index in [0.29, 0.717) is 11.6 Å². The molecule has 2 fully saturated rings. The van der Waals surface area contributed by atoms with E-state index in [0.717, 1.165) is 18.9 Å². The summed E-state index contributed by atoms with van der Waals surface area (Å²) in [5.74, 6) is 0.961. The number of hydrogen-bond donors (Lipinski definition) is 0. The first kappa shape index (κ1) is 11.5. The first-order valence-corrected chi connectivity index (χ1v) is 6.72. The van der Waals surface area contributed by atoms with Crippen LogP contribution in [0.25, 0.3) is 0 Å². The number of nitrogens with zero attached hydrogens (tertiary/aromatic N) is 4. The van der Waals surface area contributed by atoms with Gasteiger partial charge in [-0.15, -0.1) is 0 Å². The van der Waals surface area contributed by atoms with Crippen LogP contribution < -0.4 is 4.90 Å². The number of fused-ring (bicyclic) bond motifs is 1. The normalized spacial score (nSPS) is 24.4. The second-order valence-electron chi connectivity index (χ2n) is 5.15. The van der Waals surface area contributed by atoms with Crippen molar-refractivity contribution < 1.29 is 0 Å². The van der Waals surface area contributed by atoms with Crippen LogP contribution in [0.5, 0.6) is 0 Å². The Kier molecular flexibility index (Phi) is 3.16. The molecule has 4 nitrogen and oxygen atoms in total. The molecule has 0 saturated carbocycles. The number of aromatic nitrogens is 1. The summed E-state index contributed by atoms with van der Waals surface area (Å²) in [7, 11) is 0. The molecule has 1 aromatic heterocycles. The summed E-state index contributed by atoms with van der Waals surface area (Å²) >= 11 is 0. The maximum Gasteiger partial charge on any atom is 0.129 e. The zero-order chi connectivity index (χ0) is 12.4. The van der Waals surface area contributed by atoms with Gasteiger partial charge in [-0.05, 0) is 37.9 Å². The van der Waals surface area contributed by atoms with Gasteiger partial charge in [0.2, 0.25) is 0 Å². The van der Waals surface area contributed by atoms with Crippen molar-refractivity contribution in [3.8, 4) is 6.07 Å². The van der Waals surface area contributed by atoms with Crippen molar-refractivity contribution in [1.82, 2.24) is 9.88 Å². The smallest absolute Gasteiger partial charge is 0.129 e. The van der Waals surface area contributed by atoms with Crippen molar-refractivity contribution in [2.45, 2.75) is 25.3 Å². The predicted octanol–water partition coefficient (Wildman–Crippen LogP) is 1.63. The number of rotatable bonds is 1. The van der Waals surface area contributed by atoms with E-state index in [4.69, 9.17) is 5.26 Å². The molecule has 0 aromatic carbocycles. The summed E-state index contributed by atoms with van der Waals surface area (Å²) in [5, 5.41) is 8.96. The average Bonchev–Trinajstić information content (AvgIpc) is 2.76. The van der Waals surface area contributed by atoms with Crippen LogP contribution in [0.15, 0.2) is 18.3 Å². The third-order valence-corrected chi connectivity index (χ3v) is 4.00. The maximum atomic E-state index is 8.96. The molecule has 1 aromatic rings. The fourth-order valence-corrected chi connectivity index (χ4v) is 3.08. The molecule has 1 atom stereocenters. The number of nitriles is 1. The standard InChI is InChI=1S/C14H18N4/c15-10-12-4-5-16-14(9-12)18-8-2-7-17-6-1-3-13(17)11-18/h4-5,9,13H,1-3,6-8,11H2. The second-order valence-corrected chi connectivity index (χ2v) is 5.15. The van der Waals surface area contributed by atoms with E-state index in [1.54, 1.807) is 12.3 Å². The molecule has 0 N–H and O–H groups in total. The SMILES string of the molecule is N#Cc1ccnc(N2CCCN3CCCC3C2)c1. The van der Waals surface area contributed by atoms with Crippen LogP contribution in [-0.4, -0.2) is 42.1 Å². The minimum atomic E-state index is 0.681. The summed E-state index contributed by atoms with van der Waals surface area (Å²) < 4.78 is 0. The molecule has 0 amide bonds. The highest BCUT2D eigenvalue weighted by molar-refractivity contribution is 5.45. The van der Waals surface area contributed by atoms with Crippen LogP contribution in [0.4, 0.5) is 5.82 Å². The Labute approximate surface area is 108 Å². The highest BCUT2D eigenvalue weighted by atomic mass is 15.3. The highest BCUT2D eigenvalue weighted by Crippen LogP contribution is 2.24. The number of anilines is 1. The molecule has 0 bridgehead atoms. The fourth-order valence-electron chi connectivity index (χ4n) is 3.08. The molecule has 3 rings (SSSR count). The van der Waals surface area contributed by atoms with Crippen LogP contribution >= 0.6 is 0 Å². The Morgan fingerprint density at radius 1 is 1.28 bits per heavy atom. The van der Waals surface area contributed by atoms with Gasteiger partial charge in [-0.2, -0.15) is 5.26 Å². The quantitative estimate of drug-likeness (QED) is 0.750. The molecule has 2 aliphatic rings. The van der Waals surface area contributed by atoms with Crippen molar-refractivity contribution in [1.29, 1.82) is 5.26 Å². The van der Waals surface area contributed by atoms with Gasteiger partial charge in [0.05, 0.1) is 11.6 Å². The molecule has 3 heterocycles. The predicted molar refractivity (Wildman–Crippen MR) is 70.4 cm³/mol. The second kappa shape index (κ2) is 4.95. The first-order chi connectivity index (χ1) is 8.86. The van der Waals surface area contributed by atoms with E-state index in [9.17, 15) is 0 Å². The van der Waals surface area contributed by atoms with Gasteiger partial charge in [0.25, 0.3) is 0 Å². The Balaban J connectivity index is 1.80. The van der Waals surface area contributed by atoms with Crippen LogP contribution in [0.3, 0.4) is 0 Å². The molecule has 2 aliphatic heterocycles. The topological polar surface area (TPSA) is 43.2 Å². The number of hydrogen-bond acceptors (Lipinski definition) is 4. The molecule has 1 unspecified atom stereocenters. The molecule has 0 spiro atoms.